The molecule has 2 aromatic carbocycles. The summed E-state index contributed by atoms with van der Waals surface area (Å²) < 4.78 is 0. The van der Waals surface area contributed by atoms with Gasteiger partial charge in [-0.25, -0.2) is 4.79 Å². The summed E-state index contributed by atoms with van der Waals surface area (Å²) in [5.74, 6) is -2.26. The molecule has 0 saturated heterocycles. The first-order chi connectivity index (χ1) is 12.0. The summed E-state index contributed by atoms with van der Waals surface area (Å²) in [6.45, 7) is 1.40. The summed E-state index contributed by atoms with van der Waals surface area (Å²) in [7, 11) is 0. The van der Waals surface area contributed by atoms with Gasteiger partial charge in [0.15, 0.2) is 0 Å². The topological polar surface area (TPSA) is 83.5 Å². The molecule has 2 N–H and O–H groups in total. The molecule has 2 aromatic rings. The highest BCUT2D eigenvalue weighted by atomic mass is 16.4. The lowest BCUT2D eigenvalue weighted by molar-refractivity contribution is -0.142. The summed E-state index contributed by atoms with van der Waals surface area (Å²) in [6.07, 6.45) is 0.186. The van der Waals surface area contributed by atoms with Crippen molar-refractivity contribution in [1.29, 1.82) is 0 Å². The number of carboxylic acids is 1. The summed E-state index contributed by atoms with van der Waals surface area (Å²) in [5, 5.41) is 11.9. The van der Waals surface area contributed by atoms with Gasteiger partial charge in [0.1, 0.15) is 11.8 Å². The second-order valence-electron chi connectivity index (χ2n) is 5.89. The number of Topliss-reactive ketones (excluding diaryl/α,β-unsaturated/α-hetero) is 1. The van der Waals surface area contributed by atoms with Crippen molar-refractivity contribution >= 4 is 17.7 Å². The Balaban J connectivity index is 2.26. The molecule has 0 aromatic heterocycles. The van der Waals surface area contributed by atoms with Gasteiger partial charge in [-0.15, -0.1) is 0 Å². The van der Waals surface area contributed by atoms with Crippen LogP contribution in [0.5, 0.6) is 0 Å². The van der Waals surface area contributed by atoms with Gasteiger partial charge < -0.3 is 15.2 Å². The maximum absolute atomic E-state index is 12.8. The summed E-state index contributed by atoms with van der Waals surface area (Å²) in [6, 6.07) is 17.3. The van der Waals surface area contributed by atoms with Crippen LogP contribution in [0.3, 0.4) is 0 Å². The normalized spacial score (nSPS) is 11.8. The Kier molecular flexibility index (Phi) is 6.46. The zero-order valence-electron chi connectivity index (χ0n) is 14.0. The minimum Gasteiger partial charge on any atom is -0.480 e. The van der Waals surface area contributed by atoms with Crippen LogP contribution in [-0.2, 0) is 14.4 Å². The highest BCUT2D eigenvalue weighted by Crippen LogP contribution is 2.25. The van der Waals surface area contributed by atoms with Crippen molar-refractivity contribution in [2.75, 3.05) is 0 Å². The summed E-state index contributed by atoms with van der Waals surface area (Å²) in [5.41, 5.74) is 1.56. The van der Waals surface area contributed by atoms with E-state index in [1.165, 1.54) is 6.92 Å². The van der Waals surface area contributed by atoms with Gasteiger partial charge in [-0.2, -0.15) is 0 Å². The Labute approximate surface area is 146 Å². The van der Waals surface area contributed by atoms with E-state index in [-0.39, 0.29) is 18.6 Å². The molecule has 0 aliphatic rings. The predicted octanol–water partition coefficient (Wildman–Crippen LogP) is 2.76. The van der Waals surface area contributed by atoms with Crippen LogP contribution in [0.1, 0.15) is 36.8 Å². The molecule has 0 bridgehead atoms. The van der Waals surface area contributed by atoms with Crippen molar-refractivity contribution in [2.24, 2.45) is 0 Å². The lowest BCUT2D eigenvalue weighted by Crippen LogP contribution is -2.43. The molecule has 0 aliphatic heterocycles. The predicted molar refractivity (Wildman–Crippen MR) is 94.2 cm³/mol. The van der Waals surface area contributed by atoms with Crippen LogP contribution in [0.4, 0.5) is 0 Å². The maximum atomic E-state index is 12.8. The van der Waals surface area contributed by atoms with E-state index in [1.54, 1.807) is 0 Å². The molecule has 130 valence electrons. The average Bonchev–Trinajstić information content (AvgIpc) is 2.60. The third-order valence-electron chi connectivity index (χ3n) is 3.93. The van der Waals surface area contributed by atoms with Gasteiger partial charge >= 0.3 is 5.97 Å². The van der Waals surface area contributed by atoms with Gasteiger partial charge in [-0.1, -0.05) is 60.7 Å². The van der Waals surface area contributed by atoms with E-state index >= 15 is 0 Å². The fourth-order valence-electron chi connectivity index (χ4n) is 2.65. The minimum atomic E-state index is -1.14. The molecule has 2 rings (SSSR count). The monoisotopic (exact) mass is 339 g/mol. The first-order valence-corrected chi connectivity index (χ1v) is 8.11. The van der Waals surface area contributed by atoms with Crippen LogP contribution < -0.4 is 5.32 Å². The number of benzene rings is 2. The molecule has 1 amide bonds. The molecule has 1 atom stereocenters. The van der Waals surface area contributed by atoms with Gasteiger partial charge in [-0.3, -0.25) is 4.79 Å². The SMILES string of the molecule is CC(=O)CC[C@H](NC(=O)C(c1ccccc1)c1ccccc1)C(=O)O. The highest BCUT2D eigenvalue weighted by molar-refractivity contribution is 5.90. The molecule has 0 unspecified atom stereocenters. The third-order valence-corrected chi connectivity index (χ3v) is 3.93. The van der Waals surface area contributed by atoms with Crippen molar-refractivity contribution in [3.8, 4) is 0 Å². The fraction of sp³-hybridized carbons (Fsp3) is 0.250. The van der Waals surface area contributed by atoms with E-state index in [0.29, 0.717) is 0 Å². The Morgan fingerprint density at radius 1 is 0.920 bits per heavy atom. The first kappa shape index (κ1) is 18.4. The number of nitrogens with one attached hydrogen (secondary N) is 1. The van der Waals surface area contributed by atoms with Crippen molar-refractivity contribution < 1.29 is 19.5 Å². The van der Waals surface area contributed by atoms with Gasteiger partial charge in [-0.05, 0) is 24.5 Å². The first-order valence-electron chi connectivity index (χ1n) is 8.11. The van der Waals surface area contributed by atoms with Crippen LogP contribution in [0.2, 0.25) is 0 Å². The van der Waals surface area contributed by atoms with Crippen LogP contribution in [-0.4, -0.2) is 28.8 Å². The molecule has 0 heterocycles. The lowest BCUT2D eigenvalue weighted by atomic mass is 9.90. The standard InChI is InChI=1S/C20H21NO4/c1-14(22)12-13-17(20(24)25)21-19(23)18(15-8-4-2-5-9-15)16-10-6-3-7-11-16/h2-11,17-18H,12-13H2,1H3,(H,21,23)(H,24,25)/t17-/m0/s1. The number of hydrogen-bond acceptors (Lipinski definition) is 3. The summed E-state index contributed by atoms with van der Waals surface area (Å²) in [4.78, 5) is 35.4. The number of carbonyl (C=O) groups is 3. The van der Waals surface area contributed by atoms with Gasteiger partial charge in [0.25, 0.3) is 0 Å². The molecule has 0 saturated carbocycles. The molecule has 0 spiro atoms. The van der Waals surface area contributed by atoms with E-state index in [2.05, 4.69) is 5.32 Å². The number of rotatable bonds is 8. The third kappa shape index (κ3) is 5.28. The minimum absolute atomic E-state index is 0.0761. The molecule has 0 fully saturated rings. The second-order valence-corrected chi connectivity index (χ2v) is 5.89. The number of hydrogen-bond donors (Lipinski definition) is 2. The van der Waals surface area contributed by atoms with Crippen LogP contribution in [0, 0.1) is 0 Å². The second kappa shape index (κ2) is 8.78. The Morgan fingerprint density at radius 3 is 1.80 bits per heavy atom. The molecular formula is C20H21NO4. The molecule has 5 heteroatoms. The number of carbonyl (C=O) groups excluding carboxylic acids is 2. The van der Waals surface area contributed by atoms with Crippen LogP contribution >= 0.6 is 0 Å². The lowest BCUT2D eigenvalue weighted by Gasteiger charge is -2.21. The molecule has 5 nitrogen and oxygen atoms in total. The Morgan fingerprint density at radius 2 is 1.40 bits per heavy atom. The number of ketones is 1. The average molecular weight is 339 g/mol. The molecule has 25 heavy (non-hydrogen) atoms. The zero-order valence-corrected chi connectivity index (χ0v) is 14.0. The van der Waals surface area contributed by atoms with Gasteiger partial charge in [0, 0.05) is 6.42 Å². The van der Waals surface area contributed by atoms with Crippen molar-refractivity contribution in [3.63, 3.8) is 0 Å². The van der Waals surface area contributed by atoms with Crippen molar-refractivity contribution in [1.82, 2.24) is 5.32 Å². The Hall–Kier alpha value is -2.95. The van der Waals surface area contributed by atoms with E-state index < -0.39 is 23.8 Å². The number of carboxylic acid groups (broad SMARTS) is 1. The van der Waals surface area contributed by atoms with Crippen LogP contribution in [0.15, 0.2) is 60.7 Å². The van der Waals surface area contributed by atoms with Gasteiger partial charge in [0.2, 0.25) is 5.91 Å². The van der Waals surface area contributed by atoms with Crippen LogP contribution in [0.25, 0.3) is 0 Å². The summed E-state index contributed by atoms with van der Waals surface area (Å²) >= 11 is 0. The molecule has 0 radical (unpaired) electrons. The van der Waals surface area contributed by atoms with Crippen molar-refractivity contribution in [3.05, 3.63) is 71.8 Å². The number of aliphatic carboxylic acids is 1. The molecule has 0 aliphatic carbocycles. The Bertz CT molecular complexity index is 688. The van der Waals surface area contributed by atoms with E-state index in [4.69, 9.17) is 0 Å². The van der Waals surface area contributed by atoms with E-state index in [1.807, 2.05) is 60.7 Å². The van der Waals surface area contributed by atoms with Crippen molar-refractivity contribution in [2.45, 2.75) is 31.7 Å². The fourth-order valence-corrected chi connectivity index (χ4v) is 2.65. The smallest absolute Gasteiger partial charge is 0.326 e. The highest BCUT2D eigenvalue weighted by Gasteiger charge is 2.27. The van der Waals surface area contributed by atoms with E-state index in [9.17, 15) is 19.5 Å². The van der Waals surface area contributed by atoms with E-state index in [0.717, 1.165) is 11.1 Å². The van der Waals surface area contributed by atoms with Gasteiger partial charge in [0.05, 0.1) is 5.92 Å². The zero-order chi connectivity index (χ0) is 18.2. The molecular weight excluding hydrogens is 318 g/mol. The largest absolute Gasteiger partial charge is 0.480 e. The maximum Gasteiger partial charge on any atom is 0.326 e. The quantitative estimate of drug-likeness (QED) is 0.774. The number of amides is 1.